The first kappa shape index (κ1) is 20.1. The molecule has 1 aliphatic carbocycles. The fourth-order valence-electron chi connectivity index (χ4n) is 3.82. The van der Waals surface area contributed by atoms with Crippen molar-refractivity contribution in [3.05, 3.63) is 47.2 Å². The SMILES string of the molecule is CC(=O)N(c1ccccc1)c1nc(CSc2nnc(C)n2C2CCCCC2)cs1. The first-order chi connectivity index (χ1) is 14.1. The summed E-state index contributed by atoms with van der Waals surface area (Å²) in [5.41, 5.74) is 1.79. The van der Waals surface area contributed by atoms with Gasteiger partial charge in [-0.05, 0) is 31.9 Å². The number of hydrogen-bond donors (Lipinski definition) is 0. The Morgan fingerprint density at radius 3 is 2.69 bits per heavy atom. The van der Waals surface area contributed by atoms with Gasteiger partial charge in [0.05, 0.1) is 11.4 Å². The third kappa shape index (κ3) is 4.53. The Hall–Kier alpha value is -2.19. The molecule has 152 valence electrons. The predicted octanol–water partition coefficient (Wildman–Crippen LogP) is 5.53. The lowest BCUT2D eigenvalue weighted by atomic mass is 9.95. The largest absolute Gasteiger partial charge is 0.303 e. The first-order valence-electron chi connectivity index (χ1n) is 9.98. The molecule has 3 aromatic rings. The highest BCUT2D eigenvalue weighted by Crippen LogP contribution is 2.34. The highest BCUT2D eigenvalue weighted by molar-refractivity contribution is 7.98. The number of hydrogen-bond acceptors (Lipinski definition) is 6. The van der Waals surface area contributed by atoms with E-state index in [9.17, 15) is 4.79 Å². The maximum absolute atomic E-state index is 12.2. The average molecular weight is 428 g/mol. The lowest BCUT2D eigenvalue weighted by Crippen LogP contribution is -2.22. The van der Waals surface area contributed by atoms with E-state index in [-0.39, 0.29) is 5.91 Å². The number of carbonyl (C=O) groups excluding carboxylic acids is 1. The minimum atomic E-state index is -0.0441. The molecular formula is C21H25N5OS2. The van der Waals surface area contributed by atoms with Crippen LogP contribution in [0.4, 0.5) is 10.8 Å². The number of rotatable bonds is 6. The monoisotopic (exact) mass is 427 g/mol. The summed E-state index contributed by atoms with van der Waals surface area (Å²) in [5.74, 6) is 1.66. The van der Waals surface area contributed by atoms with E-state index in [1.165, 1.54) is 43.4 Å². The molecule has 8 heteroatoms. The van der Waals surface area contributed by atoms with Crippen LogP contribution in [0.15, 0.2) is 40.9 Å². The van der Waals surface area contributed by atoms with Gasteiger partial charge in [0.2, 0.25) is 5.91 Å². The Morgan fingerprint density at radius 2 is 1.97 bits per heavy atom. The summed E-state index contributed by atoms with van der Waals surface area (Å²) in [6, 6.07) is 10.2. The summed E-state index contributed by atoms with van der Waals surface area (Å²) in [4.78, 5) is 18.6. The van der Waals surface area contributed by atoms with Gasteiger partial charge in [-0.25, -0.2) is 4.98 Å². The first-order valence-corrected chi connectivity index (χ1v) is 11.8. The lowest BCUT2D eigenvalue weighted by molar-refractivity contribution is -0.115. The van der Waals surface area contributed by atoms with Crippen LogP contribution in [-0.2, 0) is 10.5 Å². The number of aryl methyl sites for hydroxylation is 1. The minimum absolute atomic E-state index is 0.0441. The molecule has 0 radical (unpaired) electrons. The van der Waals surface area contributed by atoms with Crippen molar-refractivity contribution in [2.45, 2.75) is 62.9 Å². The van der Waals surface area contributed by atoms with Gasteiger partial charge < -0.3 is 4.57 Å². The van der Waals surface area contributed by atoms with Crippen LogP contribution in [0.3, 0.4) is 0 Å². The molecule has 0 saturated heterocycles. The number of carbonyl (C=O) groups is 1. The van der Waals surface area contributed by atoms with E-state index in [1.807, 2.05) is 42.6 Å². The topological polar surface area (TPSA) is 63.9 Å². The highest BCUT2D eigenvalue weighted by atomic mass is 32.2. The van der Waals surface area contributed by atoms with E-state index in [1.54, 1.807) is 23.6 Å². The standard InChI is InChI=1S/C21H25N5OS2/c1-15-23-24-21(25(15)18-9-5-3-6-10-18)29-14-17-13-28-20(22-17)26(16(2)27)19-11-7-4-8-12-19/h4,7-8,11-13,18H,3,5-6,9-10,14H2,1-2H3. The van der Waals surface area contributed by atoms with Crippen LogP contribution in [0.2, 0.25) is 0 Å². The van der Waals surface area contributed by atoms with Crippen LogP contribution in [-0.4, -0.2) is 25.7 Å². The molecule has 2 heterocycles. The summed E-state index contributed by atoms with van der Waals surface area (Å²) in [5, 5.41) is 12.4. The van der Waals surface area contributed by atoms with E-state index in [2.05, 4.69) is 14.8 Å². The van der Waals surface area contributed by atoms with Crippen molar-refractivity contribution in [2.24, 2.45) is 0 Å². The second-order valence-electron chi connectivity index (χ2n) is 7.29. The van der Waals surface area contributed by atoms with Gasteiger partial charge in [0, 0.05) is 24.1 Å². The quantitative estimate of drug-likeness (QED) is 0.484. The molecule has 1 saturated carbocycles. The lowest BCUT2D eigenvalue weighted by Gasteiger charge is -2.24. The summed E-state index contributed by atoms with van der Waals surface area (Å²) < 4.78 is 2.31. The number of nitrogens with zero attached hydrogens (tertiary/aromatic N) is 5. The molecule has 1 fully saturated rings. The molecule has 0 bridgehead atoms. The van der Waals surface area contributed by atoms with Gasteiger partial charge in [0.1, 0.15) is 5.82 Å². The van der Waals surface area contributed by atoms with Crippen LogP contribution < -0.4 is 4.90 Å². The number of anilines is 2. The summed E-state index contributed by atoms with van der Waals surface area (Å²) in [6.07, 6.45) is 6.30. The van der Waals surface area contributed by atoms with E-state index in [4.69, 9.17) is 4.98 Å². The third-order valence-corrected chi connectivity index (χ3v) is 7.04. The number of thioether (sulfide) groups is 1. The molecule has 6 nitrogen and oxygen atoms in total. The predicted molar refractivity (Wildman–Crippen MR) is 118 cm³/mol. The smallest absolute Gasteiger partial charge is 0.230 e. The fourth-order valence-corrected chi connectivity index (χ4v) is 5.75. The van der Waals surface area contributed by atoms with E-state index >= 15 is 0 Å². The molecule has 2 aromatic heterocycles. The van der Waals surface area contributed by atoms with Gasteiger partial charge >= 0.3 is 0 Å². The van der Waals surface area contributed by atoms with E-state index < -0.39 is 0 Å². The number of para-hydroxylation sites is 1. The molecule has 0 unspecified atom stereocenters. The molecular weight excluding hydrogens is 402 g/mol. The van der Waals surface area contributed by atoms with Crippen LogP contribution >= 0.6 is 23.1 Å². The van der Waals surface area contributed by atoms with Gasteiger partial charge in [-0.15, -0.1) is 21.5 Å². The molecule has 0 aliphatic heterocycles. The Bertz CT molecular complexity index is 963. The van der Waals surface area contributed by atoms with Gasteiger partial charge in [0.15, 0.2) is 10.3 Å². The van der Waals surface area contributed by atoms with Crippen LogP contribution in [0.1, 0.15) is 56.6 Å². The normalized spacial score (nSPS) is 14.8. The molecule has 0 atom stereocenters. The van der Waals surface area contributed by atoms with Crippen LogP contribution in [0, 0.1) is 6.92 Å². The van der Waals surface area contributed by atoms with Crippen molar-refractivity contribution in [2.75, 3.05) is 4.90 Å². The summed E-state index contributed by atoms with van der Waals surface area (Å²) in [7, 11) is 0. The van der Waals surface area contributed by atoms with Gasteiger partial charge in [-0.2, -0.15) is 0 Å². The van der Waals surface area contributed by atoms with Crippen molar-refractivity contribution in [1.82, 2.24) is 19.7 Å². The van der Waals surface area contributed by atoms with E-state index in [0.717, 1.165) is 22.4 Å². The molecule has 1 aliphatic rings. The van der Waals surface area contributed by atoms with E-state index in [0.29, 0.717) is 16.9 Å². The Morgan fingerprint density at radius 1 is 1.21 bits per heavy atom. The molecule has 1 amide bonds. The second kappa shape index (κ2) is 9.09. The van der Waals surface area contributed by atoms with Gasteiger partial charge in [-0.3, -0.25) is 9.69 Å². The van der Waals surface area contributed by atoms with Crippen molar-refractivity contribution >= 4 is 39.8 Å². The number of amides is 1. The van der Waals surface area contributed by atoms with Crippen molar-refractivity contribution in [3.63, 3.8) is 0 Å². The average Bonchev–Trinajstić information content (AvgIpc) is 3.34. The second-order valence-corrected chi connectivity index (χ2v) is 9.07. The van der Waals surface area contributed by atoms with Crippen molar-refractivity contribution in [1.29, 1.82) is 0 Å². The third-order valence-electron chi connectivity index (χ3n) is 5.18. The van der Waals surface area contributed by atoms with Gasteiger partial charge in [0.25, 0.3) is 0 Å². The number of benzene rings is 1. The Balaban J connectivity index is 1.48. The Labute approximate surface area is 179 Å². The van der Waals surface area contributed by atoms with Gasteiger partial charge in [-0.1, -0.05) is 49.2 Å². The zero-order valence-corrected chi connectivity index (χ0v) is 18.4. The van der Waals surface area contributed by atoms with Crippen molar-refractivity contribution in [3.8, 4) is 0 Å². The van der Waals surface area contributed by atoms with Crippen molar-refractivity contribution < 1.29 is 4.79 Å². The number of thiazole rings is 1. The zero-order chi connectivity index (χ0) is 20.2. The summed E-state index contributed by atoms with van der Waals surface area (Å²) in [6.45, 7) is 3.61. The molecule has 1 aromatic carbocycles. The molecule has 29 heavy (non-hydrogen) atoms. The van der Waals surface area contributed by atoms with Crippen LogP contribution in [0.25, 0.3) is 0 Å². The fraction of sp³-hybridized carbons (Fsp3) is 0.429. The highest BCUT2D eigenvalue weighted by Gasteiger charge is 2.22. The summed E-state index contributed by atoms with van der Waals surface area (Å²) >= 11 is 3.17. The molecule has 4 rings (SSSR count). The zero-order valence-electron chi connectivity index (χ0n) is 16.7. The minimum Gasteiger partial charge on any atom is -0.303 e. The van der Waals surface area contributed by atoms with Crippen LogP contribution in [0.5, 0.6) is 0 Å². The molecule has 0 spiro atoms. The molecule has 0 N–H and O–H groups in total. The maximum Gasteiger partial charge on any atom is 0.230 e. The maximum atomic E-state index is 12.2. The Kier molecular flexibility index (Phi) is 6.30. The number of aromatic nitrogens is 4.